The first-order valence-electron chi connectivity index (χ1n) is 13.5. The zero-order valence-corrected chi connectivity index (χ0v) is 25.9. The molecule has 2 aromatic heterocycles. The largest absolute Gasteiger partial charge is 0.490 e. The van der Waals surface area contributed by atoms with Crippen molar-refractivity contribution in [2.75, 3.05) is 11.9 Å². The number of nitrogens with one attached hydrogen (secondary N) is 4. The van der Waals surface area contributed by atoms with Crippen LogP contribution < -0.4 is 15.4 Å². The second kappa shape index (κ2) is 14.9. The Hall–Kier alpha value is -5.30. The van der Waals surface area contributed by atoms with Crippen LogP contribution in [0.15, 0.2) is 53.8 Å². The van der Waals surface area contributed by atoms with Crippen molar-refractivity contribution in [1.29, 1.82) is 0 Å². The molecule has 0 saturated heterocycles. The van der Waals surface area contributed by atoms with Crippen LogP contribution in [0.25, 0.3) is 10.9 Å². The average Bonchev–Trinajstić information content (AvgIpc) is 3.62. The molecule has 2 amide bonds. The fourth-order valence-corrected chi connectivity index (χ4v) is 6.10. The Labute approximate surface area is 265 Å². The third-order valence-electron chi connectivity index (χ3n) is 6.39. The Kier molecular flexibility index (Phi) is 11.4. The van der Waals surface area contributed by atoms with Crippen molar-refractivity contribution in [3.63, 3.8) is 0 Å². The summed E-state index contributed by atoms with van der Waals surface area (Å²) in [6, 6.07) is 6.60. The highest BCUT2D eigenvalue weighted by Gasteiger charge is 2.38. The molecule has 0 aliphatic heterocycles. The lowest BCUT2D eigenvalue weighted by Crippen LogP contribution is -2.48. The molecule has 0 aliphatic carbocycles. The molecule has 1 atom stereocenters. The van der Waals surface area contributed by atoms with Crippen LogP contribution in [0.3, 0.4) is 0 Å². The molecule has 2 heterocycles. The van der Waals surface area contributed by atoms with Gasteiger partial charge in [0.2, 0.25) is 21.9 Å². The highest BCUT2D eigenvalue weighted by molar-refractivity contribution is 7.89. The fraction of sp³-hybridized carbons (Fsp3) is 0.286. The molecule has 47 heavy (non-hydrogen) atoms. The quantitative estimate of drug-likeness (QED) is 0.136. The van der Waals surface area contributed by atoms with Gasteiger partial charge in [-0.2, -0.15) is 23.0 Å². The molecule has 19 heteroatoms. The van der Waals surface area contributed by atoms with Gasteiger partial charge in [-0.25, -0.2) is 18.2 Å². The number of rotatable bonds is 11. The van der Waals surface area contributed by atoms with Gasteiger partial charge in [-0.05, 0) is 50.1 Å². The normalized spacial score (nSPS) is 12.1. The van der Waals surface area contributed by atoms with Crippen LogP contribution in [0.2, 0.25) is 0 Å². The van der Waals surface area contributed by atoms with Gasteiger partial charge in [-0.3, -0.25) is 24.4 Å². The van der Waals surface area contributed by atoms with Crippen molar-refractivity contribution in [3.05, 3.63) is 71.2 Å². The molecule has 0 bridgehead atoms. The summed E-state index contributed by atoms with van der Waals surface area (Å²) < 4.78 is 61.6. The second-order valence-corrected chi connectivity index (χ2v) is 11.8. The lowest BCUT2D eigenvalue weighted by molar-refractivity contribution is -0.192. The number of hydrogen-bond acceptors (Lipinski definition) is 8. The summed E-state index contributed by atoms with van der Waals surface area (Å²) in [5.41, 5.74) is 2.80. The van der Waals surface area contributed by atoms with E-state index < -0.39 is 46.6 Å². The number of imidazole rings is 1. The van der Waals surface area contributed by atoms with Gasteiger partial charge >= 0.3 is 18.1 Å². The van der Waals surface area contributed by atoms with E-state index in [-0.39, 0.29) is 22.8 Å². The number of nitrogens with zero attached hydrogens (tertiary/aromatic N) is 3. The number of benzene rings is 2. The number of alkyl halides is 3. The zero-order chi connectivity index (χ0) is 35.1. The molecule has 1 unspecified atom stereocenters. The predicted molar refractivity (Wildman–Crippen MR) is 160 cm³/mol. The van der Waals surface area contributed by atoms with E-state index in [1.165, 1.54) is 12.3 Å². The number of carboxylic acids is 2. The van der Waals surface area contributed by atoms with Crippen LogP contribution >= 0.6 is 0 Å². The minimum absolute atomic E-state index is 0.0107. The molecule has 0 spiro atoms. The van der Waals surface area contributed by atoms with Gasteiger partial charge in [0.1, 0.15) is 6.04 Å². The third-order valence-corrected chi connectivity index (χ3v) is 8.17. The molecule has 0 fully saturated rings. The number of aryl methyl sites for hydroxylation is 4. The van der Waals surface area contributed by atoms with E-state index in [1.54, 1.807) is 55.2 Å². The monoisotopic (exact) mass is 681 g/mol. The standard InChI is InChI=1S/C26H29N7O6S.C2HF3O2/c1-15-10-16(2)23(17(3)11-15)40(38,39)32-20(25(36)37)14-29-24(35)18-4-5-21-19(12-18)13-30-33(21)9-6-22(34)31-26-27-7-8-28-26;3-2(4,5)1(6)7/h4-5,7-8,10-13,20,32H,6,9,14H2,1-3H3,(H,29,35)(H,36,37)(H2,27,28,31,34);(H,6,7). The van der Waals surface area contributed by atoms with Gasteiger partial charge in [0.25, 0.3) is 5.91 Å². The van der Waals surface area contributed by atoms with Crippen molar-refractivity contribution in [2.24, 2.45) is 0 Å². The van der Waals surface area contributed by atoms with Gasteiger partial charge in [0.05, 0.1) is 23.2 Å². The Bertz CT molecular complexity index is 1870. The van der Waals surface area contributed by atoms with Crippen LogP contribution in [-0.4, -0.2) is 80.9 Å². The smallest absolute Gasteiger partial charge is 0.480 e. The van der Waals surface area contributed by atoms with Crippen LogP contribution in [0.1, 0.15) is 33.5 Å². The van der Waals surface area contributed by atoms with Crippen LogP contribution in [0.5, 0.6) is 0 Å². The summed E-state index contributed by atoms with van der Waals surface area (Å²) in [7, 11) is -4.17. The number of fused-ring (bicyclic) bond motifs is 1. The number of carboxylic acid groups (broad SMARTS) is 2. The molecule has 0 radical (unpaired) electrons. The Morgan fingerprint density at radius 1 is 1.04 bits per heavy atom. The number of amides is 2. The molecule has 4 rings (SSSR count). The first-order valence-corrected chi connectivity index (χ1v) is 15.0. The van der Waals surface area contributed by atoms with Gasteiger partial charge < -0.3 is 20.5 Å². The highest BCUT2D eigenvalue weighted by Crippen LogP contribution is 2.22. The number of halogens is 3. The van der Waals surface area contributed by atoms with Gasteiger partial charge in [0.15, 0.2) is 0 Å². The maximum atomic E-state index is 13.0. The molecular formula is C28H30F3N7O8S. The van der Waals surface area contributed by atoms with Crippen molar-refractivity contribution in [2.45, 2.75) is 50.9 Å². The van der Waals surface area contributed by atoms with E-state index in [2.05, 4.69) is 30.4 Å². The number of aliphatic carboxylic acids is 2. The maximum absolute atomic E-state index is 13.0. The second-order valence-electron chi connectivity index (χ2n) is 10.1. The van der Waals surface area contributed by atoms with Crippen molar-refractivity contribution >= 4 is 50.6 Å². The Morgan fingerprint density at radius 3 is 2.23 bits per heavy atom. The number of sulfonamides is 1. The van der Waals surface area contributed by atoms with Crippen molar-refractivity contribution < 1.29 is 51.0 Å². The van der Waals surface area contributed by atoms with Crippen molar-refractivity contribution in [3.8, 4) is 0 Å². The number of anilines is 1. The van der Waals surface area contributed by atoms with E-state index in [1.807, 2.05) is 6.92 Å². The Balaban J connectivity index is 0.000000771. The number of H-pyrrole nitrogens is 1. The summed E-state index contributed by atoms with van der Waals surface area (Å²) in [5, 5.41) is 26.8. The zero-order valence-electron chi connectivity index (χ0n) is 25.0. The molecule has 0 aliphatic rings. The lowest BCUT2D eigenvalue weighted by atomic mass is 10.1. The molecule has 252 valence electrons. The SMILES string of the molecule is Cc1cc(C)c(S(=O)(=O)NC(CNC(=O)c2ccc3c(cnn3CCC(=O)Nc3ncc[nH]3)c2)C(=O)O)c(C)c1.O=C(O)C(F)(F)F. The third kappa shape index (κ3) is 9.84. The van der Waals surface area contributed by atoms with Crippen LogP contribution in [0.4, 0.5) is 19.1 Å². The van der Waals surface area contributed by atoms with Gasteiger partial charge in [-0.15, -0.1) is 0 Å². The molecule has 0 saturated carbocycles. The fourth-order valence-electron chi connectivity index (χ4n) is 4.46. The molecule has 6 N–H and O–H groups in total. The number of hydrogen-bond donors (Lipinski definition) is 6. The lowest BCUT2D eigenvalue weighted by Gasteiger charge is -2.18. The molecular weight excluding hydrogens is 651 g/mol. The molecule has 2 aromatic carbocycles. The van der Waals surface area contributed by atoms with E-state index in [0.717, 1.165) is 5.56 Å². The average molecular weight is 682 g/mol. The molecule has 4 aromatic rings. The minimum atomic E-state index is -5.08. The predicted octanol–water partition coefficient (Wildman–Crippen LogP) is 2.51. The summed E-state index contributed by atoms with van der Waals surface area (Å²) in [6.45, 7) is 4.94. The van der Waals surface area contributed by atoms with E-state index in [9.17, 15) is 41.1 Å². The van der Waals surface area contributed by atoms with Crippen LogP contribution in [-0.2, 0) is 31.0 Å². The topological polar surface area (TPSA) is 225 Å². The first-order chi connectivity index (χ1) is 21.9. The summed E-state index contributed by atoms with van der Waals surface area (Å²) in [6.07, 6.45) is -0.264. The summed E-state index contributed by atoms with van der Waals surface area (Å²) in [4.78, 5) is 52.4. The van der Waals surface area contributed by atoms with E-state index in [4.69, 9.17) is 9.90 Å². The van der Waals surface area contributed by atoms with E-state index >= 15 is 0 Å². The number of aromatic amines is 1. The van der Waals surface area contributed by atoms with Gasteiger partial charge in [0, 0.05) is 36.3 Å². The maximum Gasteiger partial charge on any atom is 0.490 e. The first kappa shape index (κ1) is 36.2. The molecule has 15 nitrogen and oxygen atoms in total. The number of carbonyl (C=O) groups excluding carboxylic acids is 2. The van der Waals surface area contributed by atoms with Crippen LogP contribution in [0, 0.1) is 20.8 Å². The van der Waals surface area contributed by atoms with Gasteiger partial charge in [-0.1, -0.05) is 17.7 Å². The number of carbonyl (C=O) groups is 4. The van der Waals surface area contributed by atoms with E-state index in [0.29, 0.717) is 34.5 Å². The summed E-state index contributed by atoms with van der Waals surface area (Å²) >= 11 is 0. The summed E-state index contributed by atoms with van der Waals surface area (Å²) in [5.74, 6) is -4.66. The highest BCUT2D eigenvalue weighted by atomic mass is 32.2. The Morgan fingerprint density at radius 2 is 1.68 bits per heavy atom. The number of aromatic nitrogens is 4. The minimum Gasteiger partial charge on any atom is -0.480 e. The van der Waals surface area contributed by atoms with Crippen molar-refractivity contribution in [1.82, 2.24) is 29.8 Å².